The summed E-state index contributed by atoms with van der Waals surface area (Å²) >= 11 is 2.51. The Balaban J connectivity index is 2.24. The maximum Gasteiger partial charge on any atom is 0.327 e. The molecule has 1 aromatic carbocycles. The zero-order valence-electron chi connectivity index (χ0n) is 14.3. The molecule has 25 heavy (non-hydrogen) atoms. The number of carboxylic acids is 1. The van der Waals surface area contributed by atoms with E-state index in [9.17, 15) is 19.5 Å². The van der Waals surface area contributed by atoms with E-state index < -0.39 is 17.9 Å². The van der Waals surface area contributed by atoms with Gasteiger partial charge in [0.05, 0.1) is 7.11 Å². The van der Waals surface area contributed by atoms with Crippen LogP contribution in [0.4, 0.5) is 0 Å². The number of carboxylic acid groups (broad SMARTS) is 1. The zero-order chi connectivity index (χ0) is 18.6. The molecule has 0 bridgehead atoms. The van der Waals surface area contributed by atoms with E-state index in [0.717, 1.165) is 17.3 Å². The topological polar surface area (TPSA) is 83.9 Å². The SMILES string of the molecule is COc1ccc(C2SC[C@@H](C(=O)O)N2C(=O)C(C)CSC(C)=O)cc1. The summed E-state index contributed by atoms with van der Waals surface area (Å²) in [5.74, 6) is -0.308. The van der Waals surface area contributed by atoms with Gasteiger partial charge in [0.25, 0.3) is 0 Å². The molecule has 6 nitrogen and oxygen atoms in total. The second-order valence-electron chi connectivity index (χ2n) is 5.76. The molecule has 1 amide bonds. The number of aliphatic carboxylic acids is 1. The Morgan fingerprint density at radius 1 is 1.36 bits per heavy atom. The third-order valence-electron chi connectivity index (χ3n) is 3.90. The largest absolute Gasteiger partial charge is 0.497 e. The molecule has 1 saturated heterocycles. The summed E-state index contributed by atoms with van der Waals surface area (Å²) in [5, 5.41) is 9.08. The third-order valence-corrected chi connectivity index (χ3v) is 6.30. The number of carbonyl (C=O) groups is 3. The Morgan fingerprint density at radius 2 is 2.00 bits per heavy atom. The van der Waals surface area contributed by atoms with E-state index in [1.165, 1.54) is 23.6 Å². The number of hydrogen-bond donors (Lipinski definition) is 1. The summed E-state index contributed by atoms with van der Waals surface area (Å²) in [7, 11) is 1.57. The van der Waals surface area contributed by atoms with Crippen molar-refractivity contribution >= 4 is 40.5 Å². The first kappa shape index (κ1) is 19.7. The fourth-order valence-corrected chi connectivity index (χ4v) is 4.62. The molecule has 1 heterocycles. The minimum absolute atomic E-state index is 0.0584. The number of nitrogens with zero attached hydrogens (tertiary/aromatic N) is 1. The van der Waals surface area contributed by atoms with Crippen LogP contribution < -0.4 is 4.74 Å². The van der Waals surface area contributed by atoms with Crippen LogP contribution in [0.3, 0.4) is 0 Å². The molecular formula is C17H21NO5S2. The van der Waals surface area contributed by atoms with E-state index in [4.69, 9.17) is 4.74 Å². The molecule has 0 aromatic heterocycles. The molecule has 3 atom stereocenters. The summed E-state index contributed by atoms with van der Waals surface area (Å²) in [6, 6.07) is 6.41. The van der Waals surface area contributed by atoms with Crippen LogP contribution in [0.1, 0.15) is 24.8 Å². The van der Waals surface area contributed by atoms with Gasteiger partial charge in [0, 0.05) is 24.3 Å². The molecule has 1 fully saturated rings. The monoisotopic (exact) mass is 383 g/mol. The summed E-state index contributed by atoms with van der Waals surface area (Å²) in [6.45, 7) is 3.18. The van der Waals surface area contributed by atoms with Crippen molar-refractivity contribution in [3.8, 4) is 5.75 Å². The van der Waals surface area contributed by atoms with Gasteiger partial charge < -0.3 is 14.7 Å². The number of thioether (sulfide) groups is 2. The highest BCUT2D eigenvalue weighted by molar-refractivity contribution is 8.13. The van der Waals surface area contributed by atoms with E-state index >= 15 is 0 Å². The van der Waals surface area contributed by atoms with Gasteiger partial charge >= 0.3 is 5.97 Å². The van der Waals surface area contributed by atoms with Gasteiger partial charge in [0.2, 0.25) is 5.91 Å². The highest BCUT2D eigenvalue weighted by Gasteiger charge is 2.43. The Labute approximate surface area is 155 Å². The Kier molecular flexibility index (Phi) is 6.78. The second-order valence-corrected chi connectivity index (χ2v) is 8.07. The van der Waals surface area contributed by atoms with E-state index in [1.807, 2.05) is 12.1 Å². The van der Waals surface area contributed by atoms with Crippen LogP contribution in [0.25, 0.3) is 0 Å². The molecule has 0 radical (unpaired) electrons. The quantitative estimate of drug-likeness (QED) is 0.808. The average molecular weight is 383 g/mol. The predicted molar refractivity (Wildman–Crippen MR) is 98.8 cm³/mol. The molecule has 136 valence electrons. The molecule has 1 N–H and O–H groups in total. The highest BCUT2D eigenvalue weighted by Crippen LogP contribution is 2.42. The molecule has 1 aromatic rings. The number of hydrogen-bond acceptors (Lipinski definition) is 6. The lowest BCUT2D eigenvalue weighted by Gasteiger charge is -2.30. The van der Waals surface area contributed by atoms with Crippen molar-refractivity contribution in [2.75, 3.05) is 18.6 Å². The third kappa shape index (κ3) is 4.70. The summed E-state index contributed by atoms with van der Waals surface area (Å²) in [4.78, 5) is 37.1. The van der Waals surface area contributed by atoms with Crippen molar-refractivity contribution in [1.29, 1.82) is 0 Å². The Hall–Kier alpha value is -1.67. The molecular weight excluding hydrogens is 362 g/mol. The minimum atomic E-state index is -1.01. The smallest absolute Gasteiger partial charge is 0.327 e. The van der Waals surface area contributed by atoms with Crippen molar-refractivity contribution in [3.05, 3.63) is 29.8 Å². The van der Waals surface area contributed by atoms with Crippen molar-refractivity contribution < 1.29 is 24.2 Å². The molecule has 0 spiro atoms. The van der Waals surface area contributed by atoms with Gasteiger partial charge in [0.15, 0.2) is 5.12 Å². The molecule has 8 heteroatoms. The summed E-state index contributed by atoms with van der Waals surface area (Å²) < 4.78 is 5.14. The lowest BCUT2D eigenvalue weighted by atomic mass is 10.1. The van der Waals surface area contributed by atoms with Crippen molar-refractivity contribution in [1.82, 2.24) is 4.90 Å². The first-order valence-electron chi connectivity index (χ1n) is 7.79. The van der Waals surface area contributed by atoms with E-state index in [0.29, 0.717) is 17.3 Å². The molecule has 0 saturated carbocycles. The van der Waals surface area contributed by atoms with Crippen LogP contribution in [-0.4, -0.2) is 51.7 Å². The lowest BCUT2D eigenvalue weighted by molar-refractivity contribution is -0.150. The molecule has 0 aliphatic carbocycles. The van der Waals surface area contributed by atoms with Gasteiger partial charge in [-0.05, 0) is 17.7 Å². The van der Waals surface area contributed by atoms with Gasteiger partial charge in [-0.2, -0.15) is 0 Å². The maximum absolute atomic E-state index is 12.9. The van der Waals surface area contributed by atoms with Gasteiger partial charge in [-0.1, -0.05) is 30.8 Å². The first-order chi connectivity index (χ1) is 11.8. The molecule has 2 rings (SSSR count). The number of carbonyl (C=O) groups excluding carboxylic acids is 2. The van der Waals surface area contributed by atoms with Gasteiger partial charge in [-0.25, -0.2) is 4.79 Å². The van der Waals surface area contributed by atoms with Crippen LogP contribution >= 0.6 is 23.5 Å². The number of benzene rings is 1. The Morgan fingerprint density at radius 3 is 2.52 bits per heavy atom. The van der Waals surface area contributed by atoms with Crippen molar-refractivity contribution in [2.24, 2.45) is 5.92 Å². The average Bonchev–Trinajstić information content (AvgIpc) is 3.04. The van der Waals surface area contributed by atoms with E-state index in [2.05, 4.69) is 0 Å². The van der Waals surface area contributed by atoms with Crippen LogP contribution in [0, 0.1) is 5.92 Å². The fraction of sp³-hybridized carbons (Fsp3) is 0.471. The standard InChI is InChI=1S/C17H21NO5S2/c1-10(8-24-11(2)19)15(20)18-14(17(21)22)9-25-16(18)12-4-6-13(23-3)7-5-12/h4-7,10,14,16H,8-9H2,1-3H3,(H,21,22)/t10?,14-,16?/m0/s1. The Bertz CT molecular complexity index is 649. The van der Waals surface area contributed by atoms with Crippen LogP contribution in [0.2, 0.25) is 0 Å². The number of rotatable bonds is 6. The van der Waals surface area contributed by atoms with Gasteiger partial charge in [0.1, 0.15) is 17.2 Å². The van der Waals surface area contributed by atoms with Crippen LogP contribution in [0.15, 0.2) is 24.3 Å². The first-order valence-corrected chi connectivity index (χ1v) is 9.82. The lowest BCUT2D eigenvalue weighted by Crippen LogP contribution is -2.45. The van der Waals surface area contributed by atoms with Crippen LogP contribution in [0.5, 0.6) is 5.75 Å². The fourth-order valence-electron chi connectivity index (χ4n) is 2.56. The van der Waals surface area contributed by atoms with Crippen molar-refractivity contribution in [3.63, 3.8) is 0 Å². The van der Waals surface area contributed by atoms with Crippen molar-refractivity contribution in [2.45, 2.75) is 25.3 Å². The minimum Gasteiger partial charge on any atom is -0.497 e. The second kappa shape index (κ2) is 8.62. The summed E-state index contributed by atoms with van der Waals surface area (Å²) in [6.07, 6.45) is 0. The molecule has 2 unspecified atom stereocenters. The van der Waals surface area contributed by atoms with Gasteiger partial charge in [-0.15, -0.1) is 11.8 Å². The number of ether oxygens (including phenoxy) is 1. The number of amides is 1. The normalized spacial score (nSPS) is 21.0. The van der Waals surface area contributed by atoms with E-state index in [1.54, 1.807) is 26.2 Å². The summed E-state index contributed by atoms with van der Waals surface area (Å²) in [5.41, 5.74) is 0.856. The predicted octanol–water partition coefficient (Wildman–Crippen LogP) is 2.64. The van der Waals surface area contributed by atoms with E-state index in [-0.39, 0.29) is 16.4 Å². The highest BCUT2D eigenvalue weighted by atomic mass is 32.2. The molecule has 1 aliphatic rings. The molecule has 1 aliphatic heterocycles. The maximum atomic E-state index is 12.9. The van der Waals surface area contributed by atoms with Crippen LogP contribution in [-0.2, 0) is 14.4 Å². The van der Waals surface area contributed by atoms with Gasteiger partial charge in [-0.3, -0.25) is 9.59 Å². The zero-order valence-corrected chi connectivity index (χ0v) is 15.9. The number of methoxy groups -OCH3 is 1.